The molecule has 0 amide bonds. The highest BCUT2D eigenvalue weighted by Gasteiger charge is 2.20. The van der Waals surface area contributed by atoms with E-state index in [2.05, 4.69) is 5.32 Å². The minimum atomic E-state index is -0.206. The number of benzene rings is 1. The van der Waals surface area contributed by atoms with Crippen LogP contribution in [0.4, 0.5) is 4.39 Å². The molecule has 1 aromatic heterocycles. The van der Waals surface area contributed by atoms with Crippen molar-refractivity contribution < 1.29 is 9.13 Å². The Hall–Kier alpha value is -1.39. The summed E-state index contributed by atoms with van der Waals surface area (Å²) in [6.45, 7) is 0. The van der Waals surface area contributed by atoms with E-state index in [0.717, 1.165) is 10.6 Å². The van der Waals surface area contributed by atoms with Crippen LogP contribution in [0.15, 0.2) is 35.7 Å². The number of methoxy groups -OCH3 is 1. The summed E-state index contributed by atoms with van der Waals surface area (Å²) in [5, 5.41) is 5.07. The first-order valence-corrected chi connectivity index (χ1v) is 6.19. The van der Waals surface area contributed by atoms with Gasteiger partial charge in [-0.2, -0.15) is 0 Å². The van der Waals surface area contributed by atoms with E-state index in [9.17, 15) is 4.39 Å². The summed E-state index contributed by atoms with van der Waals surface area (Å²) in [6.07, 6.45) is 0. The normalized spacial score (nSPS) is 12.4. The lowest BCUT2D eigenvalue weighted by Gasteiger charge is -2.17. The van der Waals surface area contributed by atoms with E-state index in [1.54, 1.807) is 30.6 Å². The number of halogens is 1. The molecule has 0 bridgehead atoms. The molecule has 1 unspecified atom stereocenters. The molecule has 1 heterocycles. The van der Waals surface area contributed by atoms with Gasteiger partial charge in [-0.25, -0.2) is 4.39 Å². The summed E-state index contributed by atoms with van der Waals surface area (Å²) in [5.74, 6) is 0.583. The van der Waals surface area contributed by atoms with Gasteiger partial charge in [0.05, 0.1) is 18.0 Å². The van der Waals surface area contributed by atoms with Crippen molar-refractivity contribution in [3.63, 3.8) is 0 Å². The maximum Gasteiger partial charge on any atom is 0.134 e. The van der Waals surface area contributed by atoms with Gasteiger partial charge in [0.15, 0.2) is 0 Å². The van der Waals surface area contributed by atoms with Gasteiger partial charge in [0.2, 0.25) is 0 Å². The summed E-state index contributed by atoms with van der Waals surface area (Å²) in [4.78, 5) is 0.986. The van der Waals surface area contributed by atoms with Crippen LogP contribution in [0, 0.1) is 5.82 Å². The van der Waals surface area contributed by atoms with Gasteiger partial charge < -0.3 is 10.1 Å². The molecular weight excluding hydrogens is 237 g/mol. The number of hydrogen-bond donors (Lipinski definition) is 1. The van der Waals surface area contributed by atoms with Crippen LogP contribution in [-0.2, 0) is 0 Å². The van der Waals surface area contributed by atoms with Crippen molar-refractivity contribution in [3.05, 3.63) is 52.0 Å². The zero-order valence-electron chi connectivity index (χ0n) is 9.74. The second-order valence-electron chi connectivity index (χ2n) is 3.60. The molecule has 2 aromatic rings. The molecule has 1 atom stereocenters. The third-order valence-electron chi connectivity index (χ3n) is 2.64. The molecule has 2 rings (SSSR count). The highest BCUT2D eigenvalue weighted by molar-refractivity contribution is 7.10. The molecule has 90 valence electrons. The average molecular weight is 251 g/mol. The lowest BCUT2D eigenvalue weighted by atomic mass is 10.0. The maximum atomic E-state index is 13.8. The zero-order valence-corrected chi connectivity index (χ0v) is 10.6. The Kier molecular flexibility index (Phi) is 3.76. The third kappa shape index (κ3) is 2.33. The number of thiophene rings is 1. The van der Waals surface area contributed by atoms with Crippen molar-refractivity contribution in [1.82, 2.24) is 5.32 Å². The van der Waals surface area contributed by atoms with Gasteiger partial charge in [0, 0.05) is 5.56 Å². The molecule has 0 aliphatic heterocycles. The van der Waals surface area contributed by atoms with E-state index in [4.69, 9.17) is 4.74 Å². The zero-order chi connectivity index (χ0) is 12.3. The quantitative estimate of drug-likeness (QED) is 0.901. The van der Waals surface area contributed by atoms with Crippen LogP contribution < -0.4 is 10.1 Å². The molecule has 1 aromatic carbocycles. The van der Waals surface area contributed by atoms with Crippen LogP contribution in [0.25, 0.3) is 0 Å². The topological polar surface area (TPSA) is 21.3 Å². The molecule has 0 saturated heterocycles. The van der Waals surface area contributed by atoms with Gasteiger partial charge in [-0.15, -0.1) is 11.3 Å². The number of nitrogens with one attached hydrogen (secondary N) is 1. The predicted molar refractivity (Wildman–Crippen MR) is 68.2 cm³/mol. The Bertz CT molecular complexity index is 498. The Morgan fingerprint density at radius 3 is 2.71 bits per heavy atom. The van der Waals surface area contributed by atoms with Gasteiger partial charge in [-0.05, 0) is 24.6 Å². The van der Waals surface area contributed by atoms with Crippen LogP contribution in [0.5, 0.6) is 5.75 Å². The van der Waals surface area contributed by atoms with Crippen molar-refractivity contribution in [1.29, 1.82) is 0 Å². The molecule has 17 heavy (non-hydrogen) atoms. The molecule has 0 saturated carbocycles. The van der Waals surface area contributed by atoms with E-state index in [1.165, 1.54) is 6.07 Å². The highest BCUT2D eigenvalue weighted by Crippen LogP contribution is 2.35. The van der Waals surface area contributed by atoms with E-state index in [-0.39, 0.29) is 11.9 Å². The Morgan fingerprint density at radius 2 is 2.06 bits per heavy atom. The van der Waals surface area contributed by atoms with E-state index in [1.807, 2.05) is 24.6 Å². The van der Waals surface area contributed by atoms with Crippen molar-refractivity contribution in [2.75, 3.05) is 14.2 Å². The standard InChI is InChI=1S/C13H14FNOS/c1-15-12(9-5-3-4-6-10(9)14)13-11(16-2)7-8-17-13/h3-8,12,15H,1-2H3. The molecule has 0 spiro atoms. The number of hydrogen-bond acceptors (Lipinski definition) is 3. The first-order chi connectivity index (χ1) is 8.27. The van der Waals surface area contributed by atoms with Gasteiger partial charge in [0.1, 0.15) is 11.6 Å². The SMILES string of the molecule is CNC(c1ccccc1F)c1sccc1OC. The molecule has 0 fully saturated rings. The minimum absolute atomic E-state index is 0.175. The molecule has 1 N–H and O–H groups in total. The van der Waals surface area contributed by atoms with Gasteiger partial charge in [-0.3, -0.25) is 0 Å². The molecule has 0 aliphatic carbocycles. The van der Waals surface area contributed by atoms with E-state index >= 15 is 0 Å². The summed E-state index contributed by atoms with van der Waals surface area (Å²) >= 11 is 1.56. The number of ether oxygens (including phenoxy) is 1. The summed E-state index contributed by atoms with van der Waals surface area (Å²) in [7, 11) is 3.44. The average Bonchev–Trinajstić information content (AvgIpc) is 2.81. The van der Waals surface area contributed by atoms with E-state index in [0.29, 0.717) is 5.56 Å². The predicted octanol–water partition coefficient (Wildman–Crippen LogP) is 3.20. The summed E-state index contributed by atoms with van der Waals surface area (Å²) in [6, 6.07) is 8.51. The first kappa shape index (κ1) is 12.1. The fraction of sp³-hybridized carbons (Fsp3) is 0.231. The molecule has 2 nitrogen and oxygen atoms in total. The van der Waals surface area contributed by atoms with Gasteiger partial charge in [-0.1, -0.05) is 18.2 Å². The molecule has 0 aliphatic rings. The highest BCUT2D eigenvalue weighted by atomic mass is 32.1. The molecule has 0 radical (unpaired) electrons. The summed E-state index contributed by atoms with van der Waals surface area (Å²) in [5.41, 5.74) is 0.635. The van der Waals surface area contributed by atoms with Crippen molar-refractivity contribution in [2.24, 2.45) is 0 Å². The van der Waals surface area contributed by atoms with Crippen molar-refractivity contribution in [3.8, 4) is 5.75 Å². The largest absolute Gasteiger partial charge is 0.496 e. The lowest BCUT2D eigenvalue weighted by Crippen LogP contribution is -2.18. The van der Waals surface area contributed by atoms with Crippen molar-refractivity contribution >= 4 is 11.3 Å². The lowest BCUT2D eigenvalue weighted by molar-refractivity contribution is 0.408. The Morgan fingerprint density at radius 1 is 1.29 bits per heavy atom. The van der Waals surface area contributed by atoms with Gasteiger partial charge >= 0.3 is 0 Å². The van der Waals surface area contributed by atoms with Crippen LogP contribution >= 0.6 is 11.3 Å². The van der Waals surface area contributed by atoms with Crippen LogP contribution in [-0.4, -0.2) is 14.2 Å². The van der Waals surface area contributed by atoms with Crippen LogP contribution in [0.3, 0.4) is 0 Å². The minimum Gasteiger partial charge on any atom is -0.496 e. The third-order valence-corrected chi connectivity index (χ3v) is 3.61. The number of rotatable bonds is 4. The van der Waals surface area contributed by atoms with Gasteiger partial charge in [0.25, 0.3) is 0 Å². The second kappa shape index (κ2) is 5.29. The van der Waals surface area contributed by atoms with Crippen LogP contribution in [0.1, 0.15) is 16.5 Å². The Labute approximate surface area is 104 Å². The smallest absolute Gasteiger partial charge is 0.134 e. The maximum absolute atomic E-state index is 13.8. The van der Waals surface area contributed by atoms with E-state index < -0.39 is 0 Å². The fourth-order valence-electron chi connectivity index (χ4n) is 1.83. The monoisotopic (exact) mass is 251 g/mol. The second-order valence-corrected chi connectivity index (χ2v) is 4.54. The summed E-state index contributed by atoms with van der Waals surface area (Å²) < 4.78 is 19.1. The fourth-order valence-corrected chi connectivity index (χ4v) is 2.81. The van der Waals surface area contributed by atoms with Crippen molar-refractivity contribution in [2.45, 2.75) is 6.04 Å². The van der Waals surface area contributed by atoms with Crippen LogP contribution in [0.2, 0.25) is 0 Å². The Balaban J connectivity index is 2.44. The first-order valence-electron chi connectivity index (χ1n) is 5.31. The molecule has 4 heteroatoms. The molecular formula is C13H14FNOS.